The van der Waals surface area contributed by atoms with E-state index in [9.17, 15) is 4.79 Å². The molecule has 110 valence electrons. The Morgan fingerprint density at radius 3 is 2.45 bits per heavy atom. The summed E-state index contributed by atoms with van der Waals surface area (Å²) < 4.78 is 5.15. The number of ether oxygens (including phenoxy) is 1. The van der Waals surface area contributed by atoms with Gasteiger partial charge < -0.3 is 4.74 Å². The second-order valence-corrected chi connectivity index (χ2v) is 5.82. The summed E-state index contributed by atoms with van der Waals surface area (Å²) >= 11 is 0. The van der Waals surface area contributed by atoms with Gasteiger partial charge in [-0.1, -0.05) is 31.4 Å². The molecule has 1 fully saturated rings. The van der Waals surface area contributed by atoms with E-state index in [2.05, 4.69) is 17.0 Å². The number of hydrogen-bond donors (Lipinski definition) is 0. The summed E-state index contributed by atoms with van der Waals surface area (Å²) in [4.78, 5) is 14.3. The maximum atomic E-state index is 12.2. The zero-order valence-corrected chi connectivity index (χ0v) is 12.6. The van der Waals surface area contributed by atoms with Gasteiger partial charge in [0, 0.05) is 12.5 Å². The third-order valence-corrected chi connectivity index (χ3v) is 4.10. The van der Waals surface area contributed by atoms with Crippen molar-refractivity contribution in [1.82, 2.24) is 4.90 Å². The standard InChI is InChI=1S/C17H25NO2/c1-18(12-14-8-10-16(20-2)11-9-14)13-17(19)15-6-4-3-5-7-15/h8-11,15H,3-7,12-13H2,1-2H3. The number of carbonyl (C=O) groups excluding carboxylic acids is 1. The Morgan fingerprint density at radius 2 is 1.85 bits per heavy atom. The van der Waals surface area contributed by atoms with E-state index in [0.717, 1.165) is 25.1 Å². The predicted octanol–water partition coefficient (Wildman–Crippen LogP) is 3.28. The topological polar surface area (TPSA) is 29.5 Å². The van der Waals surface area contributed by atoms with Crippen LogP contribution in [0.25, 0.3) is 0 Å². The predicted molar refractivity (Wildman–Crippen MR) is 80.9 cm³/mol. The molecule has 3 heteroatoms. The fraction of sp³-hybridized carbons (Fsp3) is 0.588. The lowest BCUT2D eigenvalue weighted by atomic mass is 9.86. The summed E-state index contributed by atoms with van der Waals surface area (Å²) in [5, 5.41) is 0. The number of methoxy groups -OCH3 is 1. The van der Waals surface area contributed by atoms with E-state index < -0.39 is 0 Å². The number of Topliss-reactive ketones (excluding diaryl/α,β-unsaturated/α-hetero) is 1. The molecule has 20 heavy (non-hydrogen) atoms. The Kier molecular flexibility index (Phi) is 5.60. The minimum Gasteiger partial charge on any atom is -0.497 e. The molecule has 0 aromatic heterocycles. The molecule has 1 aromatic carbocycles. The van der Waals surface area contributed by atoms with E-state index in [1.807, 2.05) is 19.2 Å². The lowest BCUT2D eigenvalue weighted by Gasteiger charge is -2.23. The van der Waals surface area contributed by atoms with E-state index in [1.165, 1.54) is 24.8 Å². The molecule has 0 saturated heterocycles. The highest BCUT2D eigenvalue weighted by Crippen LogP contribution is 2.24. The van der Waals surface area contributed by atoms with E-state index >= 15 is 0 Å². The molecule has 0 aliphatic heterocycles. The molecular formula is C17H25NO2. The molecule has 0 radical (unpaired) electrons. The van der Waals surface area contributed by atoms with Crippen LogP contribution >= 0.6 is 0 Å². The van der Waals surface area contributed by atoms with Crippen LogP contribution < -0.4 is 4.74 Å². The van der Waals surface area contributed by atoms with Gasteiger partial charge >= 0.3 is 0 Å². The van der Waals surface area contributed by atoms with Gasteiger partial charge in [-0.2, -0.15) is 0 Å². The second-order valence-electron chi connectivity index (χ2n) is 5.82. The summed E-state index contributed by atoms with van der Waals surface area (Å²) in [6, 6.07) is 8.04. The van der Waals surface area contributed by atoms with Gasteiger partial charge in [0.25, 0.3) is 0 Å². The first kappa shape index (κ1) is 15.0. The summed E-state index contributed by atoms with van der Waals surface area (Å²) in [7, 11) is 3.69. The van der Waals surface area contributed by atoms with Crippen molar-refractivity contribution in [2.75, 3.05) is 20.7 Å². The zero-order chi connectivity index (χ0) is 14.4. The highest BCUT2D eigenvalue weighted by Gasteiger charge is 2.21. The van der Waals surface area contributed by atoms with Gasteiger partial charge in [-0.15, -0.1) is 0 Å². The number of rotatable bonds is 6. The van der Waals surface area contributed by atoms with Crippen LogP contribution in [0.1, 0.15) is 37.7 Å². The van der Waals surface area contributed by atoms with Crippen molar-refractivity contribution in [2.45, 2.75) is 38.6 Å². The SMILES string of the molecule is COc1ccc(CN(C)CC(=O)C2CCCCC2)cc1. The van der Waals surface area contributed by atoms with Crippen LogP contribution in [0.3, 0.4) is 0 Å². The normalized spacial score (nSPS) is 16.4. The number of ketones is 1. The molecule has 1 saturated carbocycles. The largest absolute Gasteiger partial charge is 0.497 e. The summed E-state index contributed by atoms with van der Waals surface area (Å²) in [6.45, 7) is 1.37. The Bertz CT molecular complexity index is 421. The molecule has 0 spiro atoms. The molecule has 0 N–H and O–H groups in total. The highest BCUT2D eigenvalue weighted by molar-refractivity contribution is 5.83. The molecule has 0 heterocycles. The minimum atomic E-state index is 0.307. The summed E-state index contributed by atoms with van der Waals surface area (Å²) in [6.07, 6.45) is 5.92. The van der Waals surface area contributed by atoms with Crippen LogP contribution in [0.5, 0.6) is 5.75 Å². The molecule has 2 rings (SSSR count). The fourth-order valence-corrected chi connectivity index (χ4v) is 2.92. The van der Waals surface area contributed by atoms with Crippen LogP contribution in [0, 0.1) is 5.92 Å². The average molecular weight is 275 g/mol. The molecule has 0 amide bonds. The Labute approximate surface area is 121 Å². The fourth-order valence-electron chi connectivity index (χ4n) is 2.92. The van der Waals surface area contributed by atoms with Crippen molar-refractivity contribution in [2.24, 2.45) is 5.92 Å². The third-order valence-electron chi connectivity index (χ3n) is 4.10. The van der Waals surface area contributed by atoms with Gasteiger partial charge in [-0.25, -0.2) is 0 Å². The van der Waals surface area contributed by atoms with Crippen molar-refractivity contribution in [3.63, 3.8) is 0 Å². The first-order valence-electron chi connectivity index (χ1n) is 7.53. The highest BCUT2D eigenvalue weighted by atomic mass is 16.5. The molecule has 0 atom stereocenters. The lowest BCUT2D eigenvalue weighted by molar-refractivity contribution is -0.124. The maximum Gasteiger partial charge on any atom is 0.149 e. The minimum absolute atomic E-state index is 0.307. The van der Waals surface area contributed by atoms with Crippen molar-refractivity contribution >= 4 is 5.78 Å². The zero-order valence-electron chi connectivity index (χ0n) is 12.6. The first-order valence-corrected chi connectivity index (χ1v) is 7.53. The van der Waals surface area contributed by atoms with Crippen LogP contribution in [0.4, 0.5) is 0 Å². The third kappa shape index (κ3) is 4.34. The van der Waals surface area contributed by atoms with E-state index in [0.29, 0.717) is 18.2 Å². The van der Waals surface area contributed by atoms with Crippen molar-refractivity contribution in [3.05, 3.63) is 29.8 Å². The molecule has 1 aromatic rings. The maximum absolute atomic E-state index is 12.2. The second kappa shape index (κ2) is 7.44. The monoisotopic (exact) mass is 275 g/mol. The van der Waals surface area contributed by atoms with Gasteiger partial charge in [-0.05, 0) is 37.6 Å². The van der Waals surface area contributed by atoms with Crippen molar-refractivity contribution < 1.29 is 9.53 Å². The van der Waals surface area contributed by atoms with Gasteiger partial charge in [0.15, 0.2) is 0 Å². The Hall–Kier alpha value is -1.35. The van der Waals surface area contributed by atoms with Crippen LogP contribution in [0.2, 0.25) is 0 Å². The molecule has 0 unspecified atom stereocenters. The Morgan fingerprint density at radius 1 is 1.20 bits per heavy atom. The van der Waals surface area contributed by atoms with Gasteiger partial charge in [0.1, 0.15) is 11.5 Å². The summed E-state index contributed by atoms with van der Waals surface area (Å²) in [5.41, 5.74) is 1.21. The number of hydrogen-bond acceptors (Lipinski definition) is 3. The van der Waals surface area contributed by atoms with Crippen LogP contribution in [-0.2, 0) is 11.3 Å². The van der Waals surface area contributed by atoms with Crippen molar-refractivity contribution in [3.8, 4) is 5.75 Å². The molecule has 1 aliphatic carbocycles. The van der Waals surface area contributed by atoms with Crippen LogP contribution in [0.15, 0.2) is 24.3 Å². The smallest absolute Gasteiger partial charge is 0.149 e. The van der Waals surface area contributed by atoms with Gasteiger partial charge in [0.2, 0.25) is 0 Å². The summed E-state index contributed by atoms with van der Waals surface area (Å²) in [5.74, 6) is 1.59. The van der Waals surface area contributed by atoms with E-state index in [-0.39, 0.29) is 0 Å². The molecular weight excluding hydrogens is 250 g/mol. The number of carbonyl (C=O) groups is 1. The average Bonchev–Trinajstić information content (AvgIpc) is 2.49. The first-order chi connectivity index (χ1) is 9.69. The van der Waals surface area contributed by atoms with E-state index in [4.69, 9.17) is 4.74 Å². The van der Waals surface area contributed by atoms with Crippen LogP contribution in [-0.4, -0.2) is 31.4 Å². The molecule has 1 aliphatic rings. The van der Waals surface area contributed by atoms with Crippen molar-refractivity contribution in [1.29, 1.82) is 0 Å². The Balaban J connectivity index is 1.81. The lowest BCUT2D eigenvalue weighted by Crippen LogP contribution is -2.31. The number of likely N-dealkylation sites (N-methyl/N-ethyl adjacent to an activating group) is 1. The van der Waals surface area contributed by atoms with E-state index in [1.54, 1.807) is 7.11 Å². The van der Waals surface area contributed by atoms with Gasteiger partial charge in [-0.3, -0.25) is 9.69 Å². The number of benzene rings is 1. The molecule has 3 nitrogen and oxygen atoms in total. The van der Waals surface area contributed by atoms with Gasteiger partial charge in [0.05, 0.1) is 13.7 Å². The molecule has 0 bridgehead atoms. The number of nitrogens with zero attached hydrogens (tertiary/aromatic N) is 1. The quantitative estimate of drug-likeness (QED) is 0.798.